The highest BCUT2D eigenvalue weighted by Gasteiger charge is 2.17. The zero-order chi connectivity index (χ0) is 12.0. The molecule has 1 aromatic carbocycles. The Morgan fingerprint density at radius 2 is 1.88 bits per heavy atom. The van der Waals surface area contributed by atoms with Crippen LogP contribution in [-0.2, 0) is 6.54 Å². The van der Waals surface area contributed by atoms with Crippen molar-refractivity contribution in [2.45, 2.75) is 25.2 Å². The highest BCUT2D eigenvalue weighted by Crippen LogP contribution is 2.19. The summed E-state index contributed by atoms with van der Waals surface area (Å²) in [5.74, 6) is 0. The lowest BCUT2D eigenvalue weighted by molar-refractivity contribution is 0.0140. The Labute approximate surface area is 96.1 Å². The summed E-state index contributed by atoms with van der Waals surface area (Å²) in [5, 5.41) is 22.5. The summed E-state index contributed by atoms with van der Waals surface area (Å²) in [4.78, 5) is 0. The number of rotatable bonds is 6. The third kappa shape index (κ3) is 3.57. The van der Waals surface area contributed by atoms with Gasteiger partial charge in [0.15, 0.2) is 0 Å². The zero-order valence-corrected chi connectivity index (χ0v) is 9.56. The first-order chi connectivity index (χ1) is 7.69. The summed E-state index contributed by atoms with van der Waals surface area (Å²) in [5.41, 5.74) is 7.22. The van der Waals surface area contributed by atoms with Crippen molar-refractivity contribution in [2.24, 2.45) is 5.73 Å². The lowest BCUT2D eigenvalue weighted by Gasteiger charge is -2.18. The highest BCUT2D eigenvalue weighted by atomic mass is 16.3. The van der Waals surface area contributed by atoms with Gasteiger partial charge < -0.3 is 21.3 Å². The van der Waals surface area contributed by atoms with Gasteiger partial charge in [0.1, 0.15) is 6.10 Å². The molecule has 0 fully saturated rings. The summed E-state index contributed by atoms with van der Waals surface area (Å²) in [6, 6.07) is 7.33. The van der Waals surface area contributed by atoms with Gasteiger partial charge in [0.2, 0.25) is 0 Å². The zero-order valence-electron chi connectivity index (χ0n) is 9.56. The number of aliphatic hydroxyl groups excluding tert-OH is 2. The van der Waals surface area contributed by atoms with Crippen molar-refractivity contribution in [3.05, 3.63) is 35.4 Å². The van der Waals surface area contributed by atoms with Crippen molar-refractivity contribution < 1.29 is 10.2 Å². The predicted octanol–water partition coefficient (Wildman–Crippen LogP) is 0.149. The maximum Gasteiger partial charge on any atom is 0.105 e. The topological polar surface area (TPSA) is 78.5 Å². The van der Waals surface area contributed by atoms with Crippen LogP contribution in [0.15, 0.2) is 24.3 Å². The Bertz CT molecular complexity index is 300. The average molecular weight is 224 g/mol. The minimum absolute atomic E-state index is 0.485. The molecule has 1 rings (SSSR count). The van der Waals surface area contributed by atoms with Crippen LogP contribution in [0.3, 0.4) is 0 Å². The summed E-state index contributed by atoms with van der Waals surface area (Å²) >= 11 is 0. The van der Waals surface area contributed by atoms with Crippen LogP contribution in [0.4, 0.5) is 0 Å². The Kier molecular flexibility index (Phi) is 5.42. The number of hydrogen-bond acceptors (Lipinski definition) is 4. The van der Waals surface area contributed by atoms with Crippen LogP contribution in [0.1, 0.15) is 23.7 Å². The highest BCUT2D eigenvalue weighted by molar-refractivity contribution is 5.24. The van der Waals surface area contributed by atoms with E-state index in [9.17, 15) is 10.2 Å². The molecular formula is C12H20N2O2. The summed E-state index contributed by atoms with van der Waals surface area (Å²) < 4.78 is 0. The second-order valence-corrected chi connectivity index (χ2v) is 3.85. The van der Waals surface area contributed by atoms with Crippen molar-refractivity contribution in [2.75, 3.05) is 13.6 Å². The number of hydrogen-bond donors (Lipinski definition) is 4. The molecule has 0 radical (unpaired) electrons. The normalized spacial score (nSPS) is 14.8. The summed E-state index contributed by atoms with van der Waals surface area (Å²) in [7, 11) is 1.81. The smallest absolute Gasteiger partial charge is 0.105 e. The van der Waals surface area contributed by atoms with Crippen LogP contribution in [0.5, 0.6) is 0 Å². The molecule has 0 spiro atoms. The van der Waals surface area contributed by atoms with E-state index >= 15 is 0 Å². The quantitative estimate of drug-likeness (QED) is 0.554. The molecule has 0 amide bonds. The minimum atomic E-state index is -0.833. The van der Waals surface area contributed by atoms with Crippen LogP contribution in [0, 0.1) is 0 Å². The van der Waals surface area contributed by atoms with E-state index in [1.807, 2.05) is 19.2 Å². The number of aliphatic hydroxyl groups is 2. The van der Waals surface area contributed by atoms with Gasteiger partial charge in [-0.05, 0) is 31.1 Å². The van der Waals surface area contributed by atoms with Gasteiger partial charge >= 0.3 is 0 Å². The molecule has 1 aromatic rings. The Morgan fingerprint density at radius 3 is 2.38 bits per heavy atom. The van der Waals surface area contributed by atoms with E-state index in [0.29, 0.717) is 19.5 Å². The molecule has 0 saturated carbocycles. The fourth-order valence-corrected chi connectivity index (χ4v) is 1.52. The fourth-order valence-electron chi connectivity index (χ4n) is 1.52. The molecule has 2 atom stereocenters. The summed E-state index contributed by atoms with van der Waals surface area (Å²) in [6.45, 7) is 1.16. The molecule has 4 nitrogen and oxygen atoms in total. The standard InChI is InChI=1S/C12H20N2O2/c1-14-7-6-11(15)12(16)10-4-2-9(8-13)3-5-10/h2-5,11-12,14-16H,6-8,13H2,1H3. The van der Waals surface area contributed by atoms with E-state index in [-0.39, 0.29) is 0 Å². The van der Waals surface area contributed by atoms with Crippen molar-refractivity contribution >= 4 is 0 Å². The molecule has 4 heteroatoms. The van der Waals surface area contributed by atoms with Gasteiger partial charge in [0, 0.05) is 6.54 Å². The lowest BCUT2D eigenvalue weighted by atomic mass is 10.0. The molecule has 0 aliphatic rings. The molecular weight excluding hydrogens is 204 g/mol. The second kappa shape index (κ2) is 6.60. The molecule has 0 bridgehead atoms. The molecule has 0 heterocycles. The predicted molar refractivity (Wildman–Crippen MR) is 63.8 cm³/mol. The van der Waals surface area contributed by atoms with Crippen LogP contribution in [-0.4, -0.2) is 29.9 Å². The van der Waals surface area contributed by atoms with Gasteiger partial charge in [-0.2, -0.15) is 0 Å². The van der Waals surface area contributed by atoms with Crippen molar-refractivity contribution in [3.8, 4) is 0 Å². The number of nitrogens with two attached hydrogens (primary N) is 1. The van der Waals surface area contributed by atoms with Gasteiger partial charge in [-0.3, -0.25) is 0 Å². The largest absolute Gasteiger partial charge is 0.390 e. The Hall–Kier alpha value is -0.940. The maximum absolute atomic E-state index is 9.87. The van der Waals surface area contributed by atoms with E-state index in [0.717, 1.165) is 11.1 Å². The first-order valence-electron chi connectivity index (χ1n) is 5.48. The third-order valence-corrected chi connectivity index (χ3v) is 2.61. The van der Waals surface area contributed by atoms with Crippen LogP contribution in [0.25, 0.3) is 0 Å². The second-order valence-electron chi connectivity index (χ2n) is 3.85. The number of nitrogens with one attached hydrogen (secondary N) is 1. The van der Waals surface area contributed by atoms with Gasteiger partial charge in [-0.25, -0.2) is 0 Å². The molecule has 0 aliphatic carbocycles. The average Bonchev–Trinajstić information content (AvgIpc) is 2.35. The lowest BCUT2D eigenvalue weighted by Crippen LogP contribution is -2.23. The fraction of sp³-hybridized carbons (Fsp3) is 0.500. The minimum Gasteiger partial charge on any atom is -0.390 e. The molecule has 0 aromatic heterocycles. The Morgan fingerprint density at radius 1 is 1.25 bits per heavy atom. The maximum atomic E-state index is 9.87. The van der Waals surface area contributed by atoms with Crippen LogP contribution in [0.2, 0.25) is 0 Å². The molecule has 2 unspecified atom stereocenters. The van der Waals surface area contributed by atoms with E-state index < -0.39 is 12.2 Å². The SMILES string of the molecule is CNCCC(O)C(O)c1ccc(CN)cc1. The van der Waals surface area contributed by atoms with Crippen molar-refractivity contribution in [1.29, 1.82) is 0 Å². The molecule has 90 valence electrons. The first kappa shape index (κ1) is 13.1. The van der Waals surface area contributed by atoms with E-state index in [1.165, 1.54) is 0 Å². The molecule has 16 heavy (non-hydrogen) atoms. The van der Waals surface area contributed by atoms with Gasteiger partial charge in [-0.1, -0.05) is 24.3 Å². The third-order valence-electron chi connectivity index (χ3n) is 2.61. The molecule has 0 saturated heterocycles. The van der Waals surface area contributed by atoms with Crippen molar-refractivity contribution in [1.82, 2.24) is 5.32 Å². The molecule has 5 N–H and O–H groups in total. The van der Waals surface area contributed by atoms with E-state index in [1.54, 1.807) is 12.1 Å². The van der Waals surface area contributed by atoms with E-state index in [2.05, 4.69) is 5.32 Å². The monoisotopic (exact) mass is 224 g/mol. The number of benzene rings is 1. The van der Waals surface area contributed by atoms with E-state index in [4.69, 9.17) is 5.73 Å². The van der Waals surface area contributed by atoms with Crippen molar-refractivity contribution in [3.63, 3.8) is 0 Å². The first-order valence-corrected chi connectivity index (χ1v) is 5.48. The van der Waals surface area contributed by atoms with Gasteiger partial charge in [-0.15, -0.1) is 0 Å². The Balaban J connectivity index is 2.60. The van der Waals surface area contributed by atoms with Gasteiger partial charge in [0.25, 0.3) is 0 Å². The van der Waals surface area contributed by atoms with Gasteiger partial charge in [0.05, 0.1) is 6.10 Å². The van der Waals surface area contributed by atoms with Crippen LogP contribution >= 0.6 is 0 Å². The molecule has 0 aliphatic heterocycles. The van der Waals surface area contributed by atoms with Crippen LogP contribution < -0.4 is 11.1 Å². The summed E-state index contributed by atoms with van der Waals surface area (Å²) in [6.07, 6.45) is -1.05.